The maximum atomic E-state index is 11.7. The number of phenolic OH excluding ortho intramolecular Hbond substituents is 1. The Morgan fingerprint density at radius 1 is 1.08 bits per heavy atom. The van der Waals surface area contributed by atoms with Crippen molar-refractivity contribution in [1.82, 2.24) is 5.43 Å². The fourth-order valence-electron chi connectivity index (χ4n) is 1.60. The standard InChI is InChI=1S/C15H10BrCl2N3O3/c16-9-1-4-13(22)8(5-9)7-19-21-15(24)14(23)20-10-2-3-11(17)12(18)6-10/h1-7,22H,(H,20,23)(H,21,24)/b19-7-. The van der Waals surface area contributed by atoms with Crippen LogP contribution in [-0.2, 0) is 9.59 Å². The zero-order chi connectivity index (χ0) is 17.7. The van der Waals surface area contributed by atoms with Gasteiger partial charge in [-0.05, 0) is 36.4 Å². The Hall–Kier alpha value is -2.09. The Balaban J connectivity index is 1.96. The third-order valence-electron chi connectivity index (χ3n) is 2.74. The molecule has 0 aromatic heterocycles. The van der Waals surface area contributed by atoms with E-state index in [4.69, 9.17) is 23.2 Å². The lowest BCUT2D eigenvalue weighted by atomic mass is 10.2. The summed E-state index contributed by atoms with van der Waals surface area (Å²) >= 11 is 14.8. The molecule has 0 saturated carbocycles. The average molecular weight is 431 g/mol. The van der Waals surface area contributed by atoms with Gasteiger partial charge in [0.15, 0.2) is 0 Å². The number of carbonyl (C=O) groups is 2. The quantitative estimate of drug-likeness (QED) is 0.395. The predicted octanol–water partition coefficient (Wildman–Crippen LogP) is 3.55. The van der Waals surface area contributed by atoms with Crippen LogP contribution in [0.2, 0.25) is 10.0 Å². The third-order valence-corrected chi connectivity index (χ3v) is 3.98. The number of hydrazone groups is 1. The van der Waals surface area contributed by atoms with Crippen LogP contribution in [-0.4, -0.2) is 23.1 Å². The van der Waals surface area contributed by atoms with Crippen LogP contribution < -0.4 is 10.7 Å². The molecule has 124 valence electrons. The lowest BCUT2D eigenvalue weighted by Gasteiger charge is -2.05. The summed E-state index contributed by atoms with van der Waals surface area (Å²) in [5.74, 6) is -1.92. The van der Waals surface area contributed by atoms with E-state index in [1.807, 2.05) is 0 Å². The number of phenols is 1. The molecule has 24 heavy (non-hydrogen) atoms. The summed E-state index contributed by atoms with van der Waals surface area (Å²) in [6.07, 6.45) is 1.21. The molecule has 0 bridgehead atoms. The van der Waals surface area contributed by atoms with Gasteiger partial charge in [0.1, 0.15) is 5.75 Å². The molecule has 3 N–H and O–H groups in total. The van der Waals surface area contributed by atoms with Crippen molar-refractivity contribution < 1.29 is 14.7 Å². The molecule has 0 radical (unpaired) electrons. The van der Waals surface area contributed by atoms with Crippen LogP contribution in [0.3, 0.4) is 0 Å². The van der Waals surface area contributed by atoms with Crippen LogP contribution >= 0.6 is 39.1 Å². The number of benzene rings is 2. The number of amides is 2. The molecule has 2 aromatic carbocycles. The fourth-order valence-corrected chi connectivity index (χ4v) is 2.28. The molecule has 0 fully saturated rings. The molecule has 0 atom stereocenters. The zero-order valence-corrected chi connectivity index (χ0v) is 15.0. The second kappa shape index (κ2) is 8.14. The Morgan fingerprint density at radius 3 is 2.54 bits per heavy atom. The van der Waals surface area contributed by atoms with E-state index in [9.17, 15) is 14.7 Å². The van der Waals surface area contributed by atoms with Gasteiger partial charge in [0.2, 0.25) is 0 Å². The molecule has 0 aliphatic carbocycles. The van der Waals surface area contributed by atoms with E-state index in [2.05, 4.69) is 31.8 Å². The predicted molar refractivity (Wildman–Crippen MR) is 96.6 cm³/mol. The molecule has 0 aliphatic heterocycles. The van der Waals surface area contributed by atoms with Crippen LogP contribution in [0.25, 0.3) is 0 Å². The van der Waals surface area contributed by atoms with Crippen molar-refractivity contribution in [3.8, 4) is 5.75 Å². The fraction of sp³-hybridized carbons (Fsp3) is 0. The van der Waals surface area contributed by atoms with E-state index in [-0.39, 0.29) is 10.8 Å². The van der Waals surface area contributed by atoms with Gasteiger partial charge in [-0.2, -0.15) is 5.10 Å². The average Bonchev–Trinajstić information content (AvgIpc) is 2.54. The summed E-state index contributed by atoms with van der Waals surface area (Å²) in [7, 11) is 0. The van der Waals surface area contributed by atoms with Gasteiger partial charge in [0.05, 0.1) is 16.3 Å². The first-order chi connectivity index (χ1) is 11.4. The van der Waals surface area contributed by atoms with Crippen molar-refractivity contribution in [3.63, 3.8) is 0 Å². The van der Waals surface area contributed by atoms with Crippen LogP contribution in [0.5, 0.6) is 5.75 Å². The Morgan fingerprint density at radius 2 is 1.83 bits per heavy atom. The highest BCUT2D eigenvalue weighted by Crippen LogP contribution is 2.25. The van der Waals surface area contributed by atoms with Gasteiger partial charge in [-0.15, -0.1) is 0 Å². The van der Waals surface area contributed by atoms with E-state index in [1.165, 1.54) is 30.5 Å². The molecule has 0 heterocycles. The van der Waals surface area contributed by atoms with Crippen molar-refractivity contribution in [3.05, 3.63) is 56.5 Å². The summed E-state index contributed by atoms with van der Waals surface area (Å²) in [5, 5.41) is 16.2. The number of halogens is 3. The molecule has 0 aliphatic rings. The number of rotatable bonds is 3. The molecule has 0 unspecified atom stereocenters. The molecular weight excluding hydrogens is 421 g/mol. The van der Waals surface area contributed by atoms with E-state index in [1.54, 1.807) is 12.1 Å². The molecule has 6 nitrogen and oxygen atoms in total. The number of aromatic hydroxyl groups is 1. The van der Waals surface area contributed by atoms with Gasteiger partial charge < -0.3 is 10.4 Å². The molecule has 9 heteroatoms. The van der Waals surface area contributed by atoms with Gasteiger partial charge in [-0.1, -0.05) is 39.1 Å². The summed E-state index contributed by atoms with van der Waals surface area (Å²) < 4.78 is 0.727. The van der Waals surface area contributed by atoms with Gasteiger partial charge in [-0.25, -0.2) is 5.43 Å². The summed E-state index contributed by atoms with van der Waals surface area (Å²) in [5.41, 5.74) is 2.74. The lowest BCUT2D eigenvalue weighted by molar-refractivity contribution is -0.136. The number of carbonyl (C=O) groups excluding carboxylic acids is 2. The highest BCUT2D eigenvalue weighted by molar-refractivity contribution is 9.10. The van der Waals surface area contributed by atoms with Gasteiger partial charge >= 0.3 is 11.8 Å². The van der Waals surface area contributed by atoms with E-state index in [0.29, 0.717) is 16.3 Å². The second-order valence-electron chi connectivity index (χ2n) is 4.49. The first kappa shape index (κ1) is 18.3. The number of nitrogens with one attached hydrogen (secondary N) is 2. The van der Waals surface area contributed by atoms with Crippen molar-refractivity contribution in [2.45, 2.75) is 0 Å². The van der Waals surface area contributed by atoms with Crippen LogP contribution in [0, 0.1) is 0 Å². The molecule has 2 aromatic rings. The van der Waals surface area contributed by atoms with Crippen LogP contribution in [0.1, 0.15) is 5.56 Å². The molecule has 2 amide bonds. The summed E-state index contributed by atoms with van der Waals surface area (Å²) in [6, 6.07) is 9.12. The molecule has 0 saturated heterocycles. The second-order valence-corrected chi connectivity index (χ2v) is 6.22. The number of hydrogen-bond donors (Lipinski definition) is 3. The smallest absolute Gasteiger partial charge is 0.329 e. The number of hydrogen-bond acceptors (Lipinski definition) is 4. The van der Waals surface area contributed by atoms with E-state index in [0.717, 1.165) is 4.47 Å². The minimum absolute atomic E-state index is 0.0172. The SMILES string of the molecule is O=C(N/N=C\c1cc(Br)ccc1O)C(=O)Nc1ccc(Cl)c(Cl)c1. The Labute approximate surface area is 155 Å². The van der Waals surface area contributed by atoms with Crippen LogP contribution in [0.4, 0.5) is 5.69 Å². The summed E-state index contributed by atoms with van der Waals surface area (Å²) in [4.78, 5) is 23.4. The van der Waals surface area contributed by atoms with Crippen molar-refractivity contribution in [2.24, 2.45) is 5.10 Å². The maximum Gasteiger partial charge on any atom is 0.329 e. The summed E-state index contributed by atoms with van der Waals surface area (Å²) in [6.45, 7) is 0. The Bertz CT molecular complexity index is 828. The van der Waals surface area contributed by atoms with E-state index >= 15 is 0 Å². The number of nitrogens with zero attached hydrogens (tertiary/aromatic N) is 1. The minimum atomic E-state index is -0.980. The lowest BCUT2D eigenvalue weighted by Crippen LogP contribution is -2.32. The van der Waals surface area contributed by atoms with Crippen molar-refractivity contribution >= 4 is 62.8 Å². The van der Waals surface area contributed by atoms with Crippen molar-refractivity contribution in [2.75, 3.05) is 5.32 Å². The maximum absolute atomic E-state index is 11.7. The largest absolute Gasteiger partial charge is 0.507 e. The topological polar surface area (TPSA) is 90.8 Å². The molecule has 0 spiro atoms. The van der Waals surface area contributed by atoms with Gasteiger partial charge in [0, 0.05) is 15.7 Å². The minimum Gasteiger partial charge on any atom is -0.507 e. The highest BCUT2D eigenvalue weighted by atomic mass is 79.9. The van der Waals surface area contributed by atoms with Gasteiger partial charge in [0.25, 0.3) is 0 Å². The van der Waals surface area contributed by atoms with Crippen LogP contribution in [0.15, 0.2) is 46.0 Å². The third kappa shape index (κ3) is 4.95. The first-order valence-corrected chi connectivity index (χ1v) is 7.99. The van der Waals surface area contributed by atoms with E-state index < -0.39 is 11.8 Å². The molecular formula is C15H10BrCl2N3O3. The first-order valence-electron chi connectivity index (χ1n) is 6.45. The monoisotopic (exact) mass is 429 g/mol. The zero-order valence-electron chi connectivity index (χ0n) is 11.9. The molecule has 2 rings (SSSR count). The number of anilines is 1. The highest BCUT2D eigenvalue weighted by Gasteiger charge is 2.13. The Kier molecular flexibility index (Phi) is 6.19. The normalized spacial score (nSPS) is 10.6. The van der Waals surface area contributed by atoms with Gasteiger partial charge in [-0.3, -0.25) is 9.59 Å². The van der Waals surface area contributed by atoms with Crippen molar-refractivity contribution in [1.29, 1.82) is 0 Å².